The smallest absolute Gasteiger partial charge is 0.340 e. The molecule has 0 unspecified atom stereocenters. The van der Waals surface area contributed by atoms with Crippen molar-refractivity contribution < 1.29 is 27.8 Å². The molecular weight excluding hydrogens is 841 g/mol. The number of rotatable bonds is 6. The molecule has 7 heterocycles. The minimum Gasteiger partial charge on any atom is -0.465 e. The molecule has 4 aromatic carbocycles. The fraction of sp³-hybridized carbons (Fsp3) is 0.239. The van der Waals surface area contributed by atoms with Crippen LogP contribution in [0.1, 0.15) is 22.0 Å². The molecular formula is C46H41F2N11O4S. The number of benzene rings is 4. The SMILES string of the molecule is COC(=O)c1cc(N2CCOCC2)cc2c1nc(C)n2-c1ccnc2cc(F)ccc12.Cc1nc2c(-c3nnc(N)s3)cc(N3CCOCC3)cc2n1-c1ccnc2cc(F)ccc12. The van der Waals surface area contributed by atoms with Gasteiger partial charge in [0, 0.05) is 78.4 Å². The molecule has 0 bridgehead atoms. The Morgan fingerprint density at radius 1 is 0.688 bits per heavy atom. The average Bonchev–Trinajstić information content (AvgIpc) is 4.01. The van der Waals surface area contributed by atoms with E-state index < -0.39 is 5.97 Å². The number of carbonyl (C=O) groups excluding carboxylic acids is 1. The first-order valence-corrected chi connectivity index (χ1v) is 21.5. The van der Waals surface area contributed by atoms with Crippen molar-refractivity contribution in [3.05, 3.63) is 114 Å². The molecule has 11 rings (SSSR count). The highest BCUT2D eigenvalue weighted by Crippen LogP contribution is 2.38. The molecule has 2 aliphatic heterocycles. The van der Waals surface area contributed by atoms with Crippen molar-refractivity contribution in [1.29, 1.82) is 0 Å². The van der Waals surface area contributed by atoms with Gasteiger partial charge in [0.2, 0.25) is 5.13 Å². The largest absolute Gasteiger partial charge is 0.465 e. The van der Waals surface area contributed by atoms with Crippen LogP contribution in [0.4, 0.5) is 25.3 Å². The molecule has 0 aliphatic carbocycles. The highest BCUT2D eigenvalue weighted by Gasteiger charge is 2.24. The molecule has 2 saturated heterocycles. The van der Waals surface area contributed by atoms with Crippen LogP contribution in [0.3, 0.4) is 0 Å². The van der Waals surface area contributed by atoms with E-state index in [0.29, 0.717) is 59.5 Å². The van der Waals surface area contributed by atoms with Gasteiger partial charge in [-0.05, 0) is 74.5 Å². The lowest BCUT2D eigenvalue weighted by Gasteiger charge is -2.29. The van der Waals surface area contributed by atoms with Crippen LogP contribution in [-0.4, -0.2) is 105 Å². The summed E-state index contributed by atoms with van der Waals surface area (Å²) in [6.45, 7) is 9.52. The lowest BCUT2D eigenvalue weighted by molar-refractivity contribution is 0.0602. The number of halogens is 2. The van der Waals surface area contributed by atoms with Crippen molar-refractivity contribution in [1.82, 2.24) is 39.3 Å². The minimum atomic E-state index is -0.439. The van der Waals surface area contributed by atoms with Gasteiger partial charge in [0.15, 0.2) is 5.01 Å². The van der Waals surface area contributed by atoms with Gasteiger partial charge in [0.1, 0.15) is 28.8 Å². The van der Waals surface area contributed by atoms with Gasteiger partial charge in [-0.25, -0.2) is 23.5 Å². The van der Waals surface area contributed by atoms with E-state index in [1.165, 1.54) is 42.7 Å². The van der Waals surface area contributed by atoms with E-state index in [0.717, 1.165) is 92.6 Å². The number of fused-ring (bicyclic) bond motifs is 4. The lowest BCUT2D eigenvalue weighted by atomic mass is 10.1. The van der Waals surface area contributed by atoms with Crippen LogP contribution in [0, 0.1) is 25.5 Å². The average molecular weight is 882 g/mol. The van der Waals surface area contributed by atoms with Crippen LogP contribution >= 0.6 is 11.3 Å². The summed E-state index contributed by atoms with van der Waals surface area (Å²) in [6, 6.07) is 21.1. The Hall–Kier alpha value is -7.15. The zero-order valence-corrected chi connectivity index (χ0v) is 35.9. The number of aromatic nitrogens is 8. The topological polar surface area (TPSA) is 164 Å². The zero-order chi connectivity index (χ0) is 44.1. The predicted molar refractivity (Wildman–Crippen MR) is 243 cm³/mol. The number of nitrogens with two attached hydrogens (primary N) is 1. The summed E-state index contributed by atoms with van der Waals surface area (Å²) in [5, 5.41) is 11.1. The number of esters is 1. The van der Waals surface area contributed by atoms with Gasteiger partial charge in [-0.2, -0.15) is 0 Å². The van der Waals surface area contributed by atoms with Crippen molar-refractivity contribution in [3.8, 4) is 21.9 Å². The summed E-state index contributed by atoms with van der Waals surface area (Å²) in [4.78, 5) is 35.3. The first-order chi connectivity index (χ1) is 31.1. The Morgan fingerprint density at radius 2 is 1.20 bits per heavy atom. The van der Waals surface area contributed by atoms with Crippen molar-refractivity contribution >= 4 is 77.7 Å². The highest BCUT2D eigenvalue weighted by molar-refractivity contribution is 7.18. The first-order valence-electron chi connectivity index (χ1n) is 20.6. The highest BCUT2D eigenvalue weighted by atomic mass is 32.1. The second kappa shape index (κ2) is 16.9. The number of ether oxygens (including phenoxy) is 3. The number of morpholine rings is 2. The molecule has 2 N–H and O–H groups in total. The first kappa shape index (κ1) is 40.9. The number of nitrogens with zero attached hydrogens (tertiary/aromatic N) is 10. The molecule has 0 spiro atoms. The minimum absolute atomic E-state index is 0.315. The lowest BCUT2D eigenvalue weighted by Crippen LogP contribution is -2.36. The van der Waals surface area contributed by atoms with Crippen molar-refractivity contribution in [2.75, 3.05) is 75.2 Å². The second-order valence-corrected chi connectivity index (χ2v) is 16.3. The zero-order valence-electron chi connectivity index (χ0n) is 35.1. The number of nitrogen functional groups attached to an aromatic ring is 1. The number of anilines is 3. The maximum Gasteiger partial charge on any atom is 0.340 e. The van der Waals surface area contributed by atoms with Crippen LogP contribution in [0.2, 0.25) is 0 Å². The quantitative estimate of drug-likeness (QED) is 0.163. The standard InChI is InChI=1S/C23H20FN7OS.C23H21FN4O3/c1-13-27-21-17(22-28-29-23(25)33-22)11-15(30-6-8-32-9-7-30)12-20(21)31(13)19-4-5-26-18-10-14(24)2-3-16(18)19;1-14-26-22-18(23(29)30-2)12-16(27-7-9-31-10-8-27)13-21(22)28(14)20-5-6-25-19-11-15(24)3-4-17(19)20/h2-5,10-12H,6-9H2,1H3,(H2,25,29);3-6,11-13H,7-10H2,1-2H3. The maximum absolute atomic E-state index is 13.8. The number of hydrogen-bond donors (Lipinski definition) is 1. The molecule has 64 heavy (non-hydrogen) atoms. The Bertz CT molecular complexity index is 3250. The normalized spacial score (nSPS) is 14.4. The van der Waals surface area contributed by atoms with E-state index in [1.54, 1.807) is 24.5 Å². The maximum atomic E-state index is 13.8. The number of imidazole rings is 2. The molecule has 2 aliphatic rings. The number of aryl methyl sites for hydroxylation is 2. The van der Waals surface area contributed by atoms with Crippen LogP contribution in [0.5, 0.6) is 0 Å². The Labute approximate surface area is 368 Å². The van der Waals surface area contributed by atoms with E-state index in [4.69, 9.17) is 29.9 Å². The molecule has 15 nitrogen and oxygen atoms in total. The Kier molecular flexibility index (Phi) is 10.8. The third-order valence-electron chi connectivity index (χ3n) is 11.5. The van der Waals surface area contributed by atoms with Crippen molar-refractivity contribution in [2.24, 2.45) is 0 Å². The summed E-state index contributed by atoms with van der Waals surface area (Å²) in [7, 11) is 1.37. The molecule has 0 radical (unpaired) electrons. The second-order valence-electron chi connectivity index (χ2n) is 15.3. The summed E-state index contributed by atoms with van der Waals surface area (Å²) in [6.07, 6.45) is 3.34. The van der Waals surface area contributed by atoms with Gasteiger partial charge in [0.25, 0.3) is 0 Å². The third-order valence-corrected chi connectivity index (χ3v) is 12.3. The van der Waals surface area contributed by atoms with Crippen molar-refractivity contribution in [3.63, 3.8) is 0 Å². The van der Waals surface area contributed by atoms with Crippen LogP contribution in [0.25, 0.3) is 65.8 Å². The third kappa shape index (κ3) is 7.48. The molecule has 0 saturated carbocycles. The van der Waals surface area contributed by atoms with Gasteiger partial charge in [-0.15, -0.1) is 10.2 Å². The molecule has 0 atom stereocenters. The monoisotopic (exact) mass is 881 g/mol. The molecule has 9 aromatic rings. The molecule has 5 aromatic heterocycles. The summed E-state index contributed by atoms with van der Waals surface area (Å²) in [5.41, 5.74) is 15.1. The molecule has 0 amide bonds. The van der Waals surface area contributed by atoms with Gasteiger partial charge < -0.3 is 29.7 Å². The van der Waals surface area contributed by atoms with Crippen molar-refractivity contribution in [2.45, 2.75) is 13.8 Å². The van der Waals surface area contributed by atoms with E-state index in [2.05, 4.69) is 46.7 Å². The summed E-state index contributed by atoms with van der Waals surface area (Å²) >= 11 is 1.34. The Balaban J connectivity index is 0.000000152. The van der Waals surface area contributed by atoms with Crippen LogP contribution < -0.4 is 15.5 Å². The van der Waals surface area contributed by atoms with E-state index in [1.807, 2.05) is 42.7 Å². The van der Waals surface area contributed by atoms with E-state index >= 15 is 0 Å². The number of pyridine rings is 2. The van der Waals surface area contributed by atoms with Gasteiger partial charge >= 0.3 is 5.97 Å². The number of carbonyl (C=O) groups is 1. The molecule has 18 heteroatoms. The molecule has 324 valence electrons. The van der Waals surface area contributed by atoms with E-state index in [-0.39, 0.29) is 11.6 Å². The molecule has 2 fully saturated rings. The van der Waals surface area contributed by atoms with Gasteiger partial charge in [0.05, 0.1) is 78.1 Å². The van der Waals surface area contributed by atoms with Gasteiger partial charge in [-0.1, -0.05) is 11.3 Å². The Morgan fingerprint density at radius 3 is 1.72 bits per heavy atom. The number of methoxy groups -OCH3 is 1. The van der Waals surface area contributed by atoms with E-state index in [9.17, 15) is 13.6 Å². The summed E-state index contributed by atoms with van der Waals surface area (Å²) in [5.74, 6) is 0.416. The van der Waals surface area contributed by atoms with Gasteiger partial charge in [-0.3, -0.25) is 19.1 Å². The fourth-order valence-electron chi connectivity index (χ4n) is 8.55. The summed E-state index contributed by atoms with van der Waals surface area (Å²) < 4.78 is 47.7. The predicted octanol–water partition coefficient (Wildman–Crippen LogP) is 7.60. The fourth-order valence-corrected chi connectivity index (χ4v) is 9.17. The van der Waals surface area contributed by atoms with Crippen LogP contribution in [-0.2, 0) is 14.2 Å². The number of hydrogen-bond acceptors (Lipinski definition) is 14. The van der Waals surface area contributed by atoms with Crippen LogP contribution in [0.15, 0.2) is 85.2 Å².